The predicted molar refractivity (Wildman–Crippen MR) is 88.4 cm³/mol. The molecular weight excluding hydrogens is 282 g/mol. The molecule has 0 aliphatic rings. The minimum atomic E-state index is -0.119. The average molecular weight is 304 g/mol. The lowest BCUT2D eigenvalue weighted by molar-refractivity contribution is 0.0213. The second-order valence-electron chi connectivity index (χ2n) is 5.31. The molecule has 0 amide bonds. The second-order valence-corrected chi connectivity index (χ2v) is 5.71. The Morgan fingerprint density at radius 1 is 1.10 bits per heavy atom. The third-order valence-electron chi connectivity index (χ3n) is 3.64. The summed E-state index contributed by atoms with van der Waals surface area (Å²) in [5, 5.41) is 0.727. The number of rotatable bonds is 6. The van der Waals surface area contributed by atoms with Gasteiger partial charge in [0.2, 0.25) is 0 Å². The molecule has 0 bridgehead atoms. The molecule has 2 N–H and O–H groups in total. The van der Waals surface area contributed by atoms with E-state index in [1.165, 1.54) is 5.56 Å². The molecule has 2 atom stereocenters. The van der Waals surface area contributed by atoms with E-state index >= 15 is 0 Å². The van der Waals surface area contributed by atoms with Gasteiger partial charge in [-0.15, -0.1) is 0 Å². The maximum absolute atomic E-state index is 6.23. The van der Waals surface area contributed by atoms with Gasteiger partial charge in [-0.05, 0) is 30.5 Å². The summed E-state index contributed by atoms with van der Waals surface area (Å²) in [4.78, 5) is 0. The molecule has 2 rings (SSSR count). The Morgan fingerprint density at radius 3 is 2.38 bits per heavy atom. The Hall–Kier alpha value is -1.35. The van der Waals surface area contributed by atoms with E-state index in [2.05, 4.69) is 38.1 Å². The maximum atomic E-state index is 6.23. The normalized spacial score (nSPS) is 13.9. The van der Waals surface area contributed by atoms with Gasteiger partial charge in [-0.2, -0.15) is 0 Å². The standard InChI is InChI=1S/C18H22ClNO/c1-3-17(20)18(14-10-8-13(2)9-11-14)21-12-15-6-4-5-7-16(15)19/h4-11,17-18H,3,12,20H2,1-2H3. The highest BCUT2D eigenvalue weighted by Gasteiger charge is 2.19. The molecule has 2 unspecified atom stereocenters. The Kier molecular flexibility index (Phi) is 5.80. The third kappa shape index (κ3) is 4.31. The Bertz CT molecular complexity index is 568. The highest BCUT2D eigenvalue weighted by Crippen LogP contribution is 2.25. The fraction of sp³-hybridized carbons (Fsp3) is 0.333. The first-order valence-corrected chi connectivity index (χ1v) is 7.66. The Labute approximate surface area is 131 Å². The number of hydrogen-bond donors (Lipinski definition) is 1. The van der Waals surface area contributed by atoms with Gasteiger partial charge in [-0.3, -0.25) is 0 Å². The van der Waals surface area contributed by atoms with E-state index in [0.29, 0.717) is 6.61 Å². The van der Waals surface area contributed by atoms with Crippen LogP contribution in [0, 0.1) is 6.92 Å². The molecule has 0 aromatic heterocycles. The van der Waals surface area contributed by atoms with Crippen LogP contribution in [0.25, 0.3) is 0 Å². The zero-order valence-corrected chi connectivity index (χ0v) is 13.3. The summed E-state index contributed by atoms with van der Waals surface area (Å²) in [6.07, 6.45) is 0.744. The summed E-state index contributed by atoms with van der Waals surface area (Å²) in [6, 6.07) is 16.0. The van der Waals surface area contributed by atoms with E-state index < -0.39 is 0 Å². The molecule has 0 aliphatic carbocycles. The molecule has 0 aliphatic heterocycles. The van der Waals surface area contributed by atoms with Crippen molar-refractivity contribution in [2.45, 2.75) is 39.0 Å². The first-order valence-electron chi connectivity index (χ1n) is 7.29. The minimum Gasteiger partial charge on any atom is -0.367 e. The number of nitrogens with two attached hydrogens (primary N) is 1. The Balaban J connectivity index is 2.14. The summed E-state index contributed by atoms with van der Waals surface area (Å²) in [5.74, 6) is 0. The molecule has 0 radical (unpaired) electrons. The lowest BCUT2D eigenvalue weighted by Crippen LogP contribution is -2.29. The van der Waals surface area contributed by atoms with Crippen molar-refractivity contribution in [3.05, 3.63) is 70.2 Å². The average Bonchev–Trinajstić information content (AvgIpc) is 2.50. The van der Waals surface area contributed by atoms with Crippen LogP contribution in [0.1, 0.15) is 36.1 Å². The lowest BCUT2D eigenvalue weighted by atomic mass is 10.00. The van der Waals surface area contributed by atoms with Crippen LogP contribution in [0.15, 0.2) is 48.5 Å². The molecule has 0 saturated heterocycles. The van der Waals surface area contributed by atoms with Crippen LogP contribution < -0.4 is 5.73 Å². The number of hydrogen-bond acceptors (Lipinski definition) is 2. The van der Waals surface area contributed by atoms with E-state index in [-0.39, 0.29) is 12.1 Å². The van der Waals surface area contributed by atoms with Crippen molar-refractivity contribution in [2.24, 2.45) is 5.73 Å². The molecule has 2 aromatic carbocycles. The van der Waals surface area contributed by atoms with Crippen molar-refractivity contribution in [1.82, 2.24) is 0 Å². The minimum absolute atomic E-state index is 0.0322. The van der Waals surface area contributed by atoms with Gasteiger partial charge in [-0.1, -0.05) is 66.6 Å². The van der Waals surface area contributed by atoms with Crippen LogP contribution in [0.2, 0.25) is 5.02 Å². The van der Waals surface area contributed by atoms with Gasteiger partial charge in [0.05, 0.1) is 12.7 Å². The summed E-state index contributed by atoms with van der Waals surface area (Å²) < 4.78 is 6.08. The van der Waals surface area contributed by atoms with Crippen LogP contribution >= 0.6 is 11.6 Å². The summed E-state index contributed by atoms with van der Waals surface area (Å²) in [7, 11) is 0. The third-order valence-corrected chi connectivity index (χ3v) is 4.01. The first-order chi connectivity index (χ1) is 10.1. The zero-order valence-electron chi connectivity index (χ0n) is 12.6. The zero-order chi connectivity index (χ0) is 15.2. The summed E-state index contributed by atoms with van der Waals surface area (Å²) in [5.41, 5.74) is 9.56. The largest absolute Gasteiger partial charge is 0.367 e. The number of ether oxygens (including phenoxy) is 1. The second kappa shape index (κ2) is 7.60. The molecule has 2 nitrogen and oxygen atoms in total. The van der Waals surface area contributed by atoms with Crippen molar-refractivity contribution in [2.75, 3.05) is 0 Å². The van der Waals surface area contributed by atoms with Crippen molar-refractivity contribution >= 4 is 11.6 Å². The van der Waals surface area contributed by atoms with E-state index in [1.54, 1.807) is 0 Å². The van der Waals surface area contributed by atoms with Crippen molar-refractivity contribution in [3.63, 3.8) is 0 Å². The van der Waals surface area contributed by atoms with E-state index in [1.807, 2.05) is 24.3 Å². The van der Waals surface area contributed by atoms with Gasteiger partial charge >= 0.3 is 0 Å². The van der Waals surface area contributed by atoms with Gasteiger partial charge in [0.25, 0.3) is 0 Å². The molecule has 112 valence electrons. The smallest absolute Gasteiger partial charge is 0.0980 e. The fourth-order valence-corrected chi connectivity index (χ4v) is 2.42. The Morgan fingerprint density at radius 2 is 1.76 bits per heavy atom. The maximum Gasteiger partial charge on any atom is 0.0980 e. The number of halogens is 1. The molecule has 21 heavy (non-hydrogen) atoms. The molecule has 0 spiro atoms. The van der Waals surface area contributed by atoms with Gasteiger partial charge in [0.1, 0.15) is 0 Å². The van der Waals surface area contributed by atoms with Gasteiger partial charge in [0, 0.05) is 11.1 Å². The summed E-state index contributed by atoms with van der Waals surface area (Å²) >= 11 is 6.18. The highest BCUT2D eigenvalue weighted by atomic mass is 35.5. The van der Waals surface area contributed by atoms with E-state index in [9.17, 15) is 0 Å². The van der Waals surface area contributed by atoms with Gasteiger partial charge in [0.15, 0.2) is 0 Å². The summed E-state index contributed by atoms with van der Waals surface area (Å²) in [6.45, 7) is 4.61. The fourth-order valence-electron chi connectivity index (χ4n) is 2.23. The van der Waals surface area contributed by atoms with Crippen molar-refractivity contribution in [3.8, 4) is 0 Å². The van der Waals surface area contributed by atoms with E-state index in [4.69, 9.17) is 22.1 Å². The van der Waals surface area contributed by atoms with Crippen LogP contribution in [0.3, 0.4) is 0 Å². The number of benzene rings is 2. The highest BCUT2D eigenvalue weighted by molar-refractivity contribution is 6.31. The van der Waals surface area contributed by atoms with E-state index in [0.717, 1.165) is 22.6 Å². The quantitative estimate of drug-likeness (QED) is 0.843. The van der Waals surface area contributed by atoms with Gasteiger partial charge in [-0.25, -0.2) is 0 Å². The molecule has 3 heteroatoms. The van der Waals surface area contributed by atoms with Crippen molar-refractivity contribution < 1.29 is 4.74 Å². The van der Waals surface area contributed by atoms with Gasteiger partial charge < -0.3 is 10.5 Å². The monoisotopic (exact) mass is 303 g/mol. The lowest BCUT2D eigenvalue weighted by Gasteiger charge is -2.24. The van der Waals surface area contributed by atoms with Crippen LogP contribution in [0.5, 0.6) is 0 Å². The first kappa shape index (κ1) is 16.0. The SMILES string of the molecule is CCC(N)C(OCc1ccccc1Cl)c1ccc(C)cc1. The molecule has 0 saturated carbocycles. The molecule has 2 aromatic rings. The number of aryl methyl sites for hydroxylation is 1. The topological polar surface area (TPSA) is 35.2 Å². The molecule has 0 heterocycles. The van der Waals surface area contributed by atoms with Crippen LogP contribution in [-0.2, 0) is 11.3 Å². The molecular formula is C18H22ClNO. The molecule has 0 fully saturated rings. The van der Waals surface area contributed by atoms with Crippen molar-refractivity contribution in [1.29, 1.82) is 0 Å². The predicted octanol–water partition coefficient (Wildman–Crippen LogP) is 4.64. The van der Waals surface area contributed by atoms with Crippen LogP contribution in [-0.4, -0.2) is 6.04 Å². The van der Waals surface area contributed by atoms with Crippen LogP contribution in [0.4, 0.5) is 0 Å².